The molecule has 1 atom stereocenters. The molecule has 0 saturated heterocycles. The molecule has 6 aromatic carbocycles. The summed E-state index contributed by atoms with van der Waals surface area (Å²) >= 11 is 7.65. The lowest BCUT2D eigenvalue weighted by Gasteiger charge is -2.33. The lowest BCUT2D eigenvalue weighted by Crippen LogP contribution is -2.21. The predicted molar refractivity (Wildman–Crippen MR) is 295 cm³/mol. The second-order valence-corrected chi connectivity index (χ2v) is 22.7. The molecule has 0 amide bonds. The van der Waals surface area contributed by atoms with E-state index in [9.17, 15) is 0 Å². The molecule has 9 aromatic rings. The maximum absolute atomic E-state index is 2.68. The monoisotopic (exact) mass is 949 g/mol. The van der Waals surface area contributed by atoms with Gasteiger partial charge in [0, 0.05) is 80.5 Å². The largest absolute Gasteiger partial charge is 0.340 e. The maximum Gasteiger partial charge on any atom is 0.0553 e. The van der Waals surface area contributed by atoms with Crippen molar-refractivity contribution in [1.82, 2.24) is 4.57 Å². The molecule has 7 heteroatoms. The van der Waals surface area contributed by atoms with Crippen molar-refractivity contribution >= 4 is 90.8 Å². The van der Waals surface area contributed by atoms with E-state index in [0.717, 1.165) is 19.6 Å². The summed E-state index contributed by atoms with van der Waals surface area (Å²) in [5, 5.41) is 2.69. The van der Waals surface area contributed by atoms with Crippen molar-refractivity contribution in [2.24, 2.45) is 5.92 Å². The molecule has 3 nitrogen and oxygen atoms in total. The number of thiophene rings is 2. The summed E-state index contributed by atoms with van der Waals surface area (Å²) in [5.74, 6) is 0.631. The zero-order valence-electron chi connectivity index (χ0n) is 39.2. The molecule has 0 aliphatic carbocycles. The minimum absolute atomic E-state index is 0.631. The summed E-state index contributed by atoms with van der Waals surface area (Å²) in [5.41, 5.74) is 13.2. The highest BCUT2D eigenvalue weighted by Crippen LogP contribution is 2.52. The molecule has 67 heavy (non-hydrogen) atoms. The number of benzene rings is 6. The van der Waals surface area contributed by atoms with Gasteiger partial charge in [-0.25, -0.2) is 0 Å². The molecule has 0 fully saturated rings. The lowest BCUT2D eigenvalue weighted by molar-refractivity contribution is 0.401. The smallest absolute Gasteiger partial charge is 0.0553 e. The number of aromatic nitrogens is 1. The van der Waals surface area contributed by atoms with Crippen LogP contribution in [0.15, 0.2) is 165 Å². The van der Waals surface area contributed by atoms with E-state index in [1.807, 2.05) is 46.2 Å². The van der Waals surface area contributed by atoms with Gasteiger partial charge < -0.3 is 14.4 Å². The first-order chi connectivity index (χ1) is 33.0. The van der Waals surface area contributed by atoms with Gasteiger partial charge in [-0.15, -0.1) is 22.7 Å². The predicted octanol–water partition coefficient (Wildman–Crippen LogP) is 19.6. The van der Waals surface area contributed by atoms with Gasteiger partial charge in [0.05, 0.1) is 22.7 Å². The van der Waals surface area contributed by atoms with Gasteiger partial charge in [-0.05, 0) is 132 Å². The Hall–Kier alpha value is -5.18. The van der Waals surface area contributed by atoms with Gasteiger partial charge in [0.25, 0.3) is 0 Å². The Balaban J connectivity index is 0.919. The van der Waals surface area contributed by atoms with Crippen LogP contribution in [0.4, 0.5) is 22.7 Å². The van der Waals surface area contributed by atoms with Crippen molar-refractivity contribution in [2.75, 3.05) is 22.9 Å². The van der Waals surface area contributed by atoms with Crippen LogP contribution in [-0.4, -0.2) is 17.7 Å². The van der Waals surface area contributed by atoms with Gasteiger partial charge in [-0.2, -0.15) is 0 Å². The summed E-state index contributed by atoms with van der Waals surface area (Å²) < 4.78 is 2.68. The summed E-state index contributed by atoms with van der Waals surface area (Å²) in [6.45, 7) is 12.4. The molecule has 3 aromatic heterocycles. The first-order valence-electron chi connectivity index (χ1n) is 24.7. The Morgan fingerprint density at radius 1 is 0.418 bits per heavy atom. The van der Waals surface area contributed by atoms with Gasteiger partial charge in [0.2, 0.25) is 0 Å². The number of hydrogen-bond acceptors (Lipinski definition) is 6. The summed E-state index contributed by atoms with van der Waals surface area (Å²) in [4.78, 5) is 15.7. The minimum atomic E-state index is 0.631. The van der Waals surface area contributed by atoms with Crippen LogP contribution in [0, 0.1) is 5.92 Å². The fraction of sp³-hybridized carbons (Fsp3) is 0.267. The van der Waals surface area contributed by atoms with E-state index in [4.69, 9.17) is 0 Å². The molecule has 1 unspecified atom stereocenters. The first-order valence-corrected chi connectivity index (χ1v) is 27.9. The summed E-state index contributed by atoms with van der Waals surface area (Å²) in [6, 6.07) is 55.9. The van der Waals surface area contributed by atoms with E-state index in [2.05, 4.69) is 188 Å². The van der Waals surface area contributed by atoms with Crippen LogP contribution in [0.2, 0.25) is 0 Å². The van der Waals surface area contributed by atoms with Crippen LogP contribution in [0.25, 0.3) is 63.6 Å². The van der Waals surface area contributed by atoms with Crippen LogP contribution < -0.4 is 9.80 Å². The van der Waals surface area contributed by atoms with Crippen molar-refractivity contribution in [2.45, 2.75) is 105 Å². The van der Waals surface area contributed by atoms with Gasteiger partial charge in [-0.3, -0.25) is 0 Å². The zero-order chi connectivity index (χ0) is 45.4. The Morgan fingerprint density at radius 2 is 0.836 bits per heavy atom. The molecule has 2 aliphatic heterocycles. The standard InChI is InChI=1S/C60H59N3S4/c1-5-9-16-40(8-4)39-63-51-35-41(53-29-31-55(64-53)43-23-27-49-59(37-43)66-57-19-14-12-17-47(57)61(49)33-10-6-2)21-25-45(51)46-26-22-42(36-52(46)63)54-30-32-56(65-54)44-24-28-50-60(38-44)67-58-20-15-13-18-48(58)62(50)34-11-7-3/h12-15,17-32,35-38,40H,5-11,16,33-34,39H2,1-4H3. The van der Waals surface area contributed by atoms with Crippen molar-refractivity contribution in [3.05, 3.63) is 146 Å². The van der Waals surface area contributed by atoms with Crippen LogP contribution >= 0.6 is 46.2 Å². The Labute approximate surface area is 413 Å². The Kier molecular flexibility index (Phi) is 12.9. The Morgan fingerprint density at radius 3 is 1.28 bits per heavy atom. The van der Waals surface area contributed by atoms with E-state index in [0.29, 0.717) is 5.92 Å². The topological polar surface area (TPSA) is 11.4 Å². The van der Waals surface area contributed by atoms with E-state index < -0.39 is 0 Å². The average molecular weight is 950 g/mol. The van der Waals surface area contributed by atoms with Crippen LogP contribution in [0.1, 0.15) is 79.1 Å². The number of anilines is 4. The third-order valence-electron chi connectivity index (χ3n) is 13.9. The molecular formula is C60H59N3S4. The quantitative estimate of drug-likeness (QED) is 0.0956. The molecule has 2 aliphatic rings. The normalized spacial score (nSPS) is 13.5. The summed E-state index contributed by atoms with van der Waals surface area (Å²) in [6.07, 6.45) is 9.68. The minimum Gasteiger partial charge on any atom is -0.340 e. The van der Waals surface area contributed by atoms with E-state index in [1.165, 1.54) is 157 Å². The van der Waals surface area contributed by atoms with Gasteiger partial charge in [-0.1, -0.05) is 144 Å². The van der Waals surface area contributed by atoms with E-state index >= 15 is 0 Å². The molecule has 0 spiro atoms. The van der Waals surface area contributed by atoms with Gasteiger partial charge >= 0.3 is 0 Å². The zero-order valence-corrected chi connectivity index (χ0v) is 42.5. The fourth-order valence-corrected chi connectivity index (χ4v) is 14.4. The average Bonchev–Trinajstić information content (AvgIpc) is 4.14. The third-order valence-corrected chi connectivity index (χ3v) is 18.5. The van der Waals surface area contributed by atoms with E-state index in [-0.39, 0.29) is 0 Å². The van der Waals surface area contributed by atoms with Crippen molar-refractivity contribution in [3.8, 4) is 41.8 Å². The van der Waals surface area contributed by atoms with Crippen LogP contribution in [0.3, 0.4) is 0 Å². The number of fused-ring (bicyclic) bond motifs is 7. The molecular weight excluding hydrogens is 891 g/mol. The van der Waals surface area contributed by atoms with Crippen LogP contribution in [0.5, 0.6) is 0 Å². The SMILES string of the molecule is CCCCC(CC)Cn1c2cc(-c3ccc(-c4ccc5c(c4)Sc4ccccc4N5CCCC)s3)ccc2c2ccc(-c3ccc(-c4ccc5c(c4)Sc4ccccc4N5CCCC)s3)cc21. The lowest BCUT2D eigenvalue weighted by atomic mass is 9.99. The molecule has 0 N–H and O–H groups in total. The van der Waals surface area contributed by atoms with Gasteiger partial charge in [0.15, 0.2) is 0 Å². The molecule has 0 saturated carbocycles. The van der Waals surface area contributed by atoms with E-state index in [1.54, 1.807) is 0 Å². The Bertz CT molecular complexity index is 3020. The second-order valence-electron chi connectivity index (χ2n) is 18.3. The highest BCUT2D eigenvalue weighted by Gasteiger charge is 2.26. The highest BCUT2D eigenvalue weighted by atomic mass is 32.2. The number of rotatable bonds is 16. The van der Waals surface area contributed by atoms with Crippen molar-refractivity contribution in [1.29, 1.82) is 0 Å². The van der Waals surface area contributed by atoms with Crippen molar-refractivity contribution in [3.63, 3.8) is 0 Å². The number of unbranched alkanes of at least 4 members (excludes halogenated alkanes) is 3. The third kappa shape index (κ3) is 8.56. The number of nitrogens with zero attached hydrogens (tertiary/aromatic N) is 3. The number of hydrogen-bond donors (Lipinski definition) is 0. The number of para-hydroxylation sites is 2. The summed E-state index contributed by atoms with van der Waals surface area (Å²) in [7, 11) is 0. The fourth-order valence-electron chi connectivity index (χ4n) is 10.2. The second kappa shape index (κ2) is 19.4. The molecule has 0 radical (unpaired) electrons. The molecule has 0 bridgehead atoms. The molecule has 5 heterocycles. The molecule has 11 rings (SSSR count). The maximum atomic E-state index is 2.68. The first kappa shape index (κ1) is 44.3. The molecule has 338 valence electrons. The van der Waals surface area contributed by atoms with Crippen LogP contribution in [-0.2, 0) is 6.54 Å². The highest BCUT2D eigenvalue weighted by molar-refractivity contribution is 8.00. The van der Waals surface area contributed by atoms with Crippen molar-refractivity contribution < 1.29 is 0 Å². The van der Waals surface area contributed by atoms with Gasteiger partial charge in [0.1, 0.15) is 0 Å².